The van der Waals surface area contributed by atoms with Gasteiger partial charge < -0.3 is 10.1 Å². The minimum absolute atomic E-state index is 0.493. The molecule has 0 aliphatic heterocycles. The predicted octanol–water partition coefficient (Wildman–Crippen LogP) is 3.94. The van der Waals surface area contributed by atoms with Crippen molar-refractivity contribution in [3.05, 3.63) is 40.4 Å². The lowest BCUT2D eigenvalue weighted by molar-refractivity contribution is 0.185. The number of methoxy groups -OCH3 is 1. The molecule has 0 fully saturated rings. The molecule has 1 heterocycles. The molecule has 2 aromatic rings. The molecule has 1 N–H and O–H groups in total. The van der Waals surface area contributed by atoms with Crippen LogP contribution in [-0.2, 0) is 17.8 Å². The van der Waals surface area contributed by atoms with E-state index in [9.17, 15) is 0 Å². The Balaban J connectivity index is 1.91. The van der Waals surface area contributed by atoms with Gasteiger partial charge in [-0.05, 0) is 37.4 Å². The van der Waals surface area contributed by atoms with E-state index in [1.54, 1.807) is 7.11 Å². The van der Waals surface area contributed by atoms with Crippen LogP contribution in [0.5, 0.6) is 0 Å². The number of nitrogens with one attached hydrogen (secondary N) is 1. The summed E-state index contributed by atoms with van der Waals surface area (Å²) < 4.78 is 5.22. The van der Waals surface area contributed by atoms with Crippen molar-refractivity contribution in [3.8, 4) is 10.6 Å². The van der Waals surface area contributed by atoms with E-state index in [-0.39, 0.29) is 0 Å². The Labute approximate surface area is 130 Å². The number of benzene rings is 1. The van der Waals surface area contributed by atoms with Crippen LogP contribution in [0.25, 0.3) is 10.6 Å². The third-order valence-corrected chi connectivity index (χ3v) is 5.15. The van der Waals surface area contributed by atoms with Gasteiger partial charge in [0.05, 0.1) is 12.3 Å². The molecule has 0 radical (unpaired) electrons. The topological polar surface area (TPSA) is 34.2 Å². The SMILES string of the molecule is CCNC1CCCc2nc(-c3cccc(COC)c3)sc21. The normalized spacial score (nSPS) is 17.7. The number of hydrogen-bond acceptors (Lipinski definition) is 4. The zero-order chi connectivity index (χ0) is 14.7. The van der Waals surface area contributed by atoms with Crippen molar-refractivity contribution in [1.29, 1.82) is 0 Å². The summed E-state index contributed by atoms with van der Waals surface area (Å²) in [6.07, 6.45) is 3.58. The fourth-order valence-electron chi connectivity index (χ4n) is 2.95. The van der Waals surface area contributed by atoms with Gasteiger partial charge in [0, 0.05) is 23.6 Å². The molecule has 3 rings (SSSR count). The van der Waals surface area contributed by atoms with Crippen LogP contribution in [-0.4, -0.2) is 18.6 Å². The highest BCUT2D eigenvalue weighted by Gasteiger charge is 2.24. The molecule has 0 saturated carbocycles. The van der Waals surface area contributed by atoms with Gasteiger partial charge in [-0.2, -0.15) is 0 Å². The maximum Gasteiger partial charge on any atom is 0.123 e. The fraction of sp³-hybridized carbons (Fsp3) is 0.471. The molecule has 21 heavy (non-hydrogen) atoms. The molecule has 3 nitrogen and oxygen atoms in total. The van der Waals surface area contributed by atoms with Gasteiger partial charge >= 0.3 is 0 Å². The van der Waals surface area contributed by atoms with Crippen molar-refractivity contribution < 1.29 is 4.74 Å². The van der Waals surface area contributed by atoms with E-state index in [1.165, 1.54) is 34.5 Å². The molecule has 4 heteroatoms. The molecule has 1 aliphatic carbocycles. The second-order valence-electron chi connectivity index (χ2n) is 5.47. The van der Waals surface area contributed by atoms with E-state index in [4.69, 9.17) is 9.72 Å². The zero-order valence-electron chi connectivity index (χ0n) is 12.7. The Morgan fingerprint density at radius 3 is 3.14 bits per heavy atom. The minimum atomic E-state index is 0.493. The van der Waals surface area contributed by atoms with E-state index in [0.717, 1.165) is 18.0 Å². The first-order valence-corrected chi connectivity index (χ1v) is 8.44. The second-order valence-corrected chi connectivity index (χ2v) is 6.50. The molecular weight excluding hydrogens is 280 g/mol. The van der Waals surface area contributed by atoms with E-state index in [2.05, 4.69) is 36.5 Å². The number of rotatable bonds is 5. The predicted molar refractivity (Wildman–Crippen MR) is 87.6 cm³/mol. The first-order valence-electron chi connectivity index (χ1n) is 7.63. The van der Waals surface area contributed by atoms with Crippen molar-refractivity contribution in [1.82, 2.24) is 10.3 Å². The highest BCUT2D eigenvalue weighted by atomic mass is 32.1. The number of aromatic nitrogens is 1. The summed E-state index contributed by atoms with van der Waals surface area (Å²) in [5.74, 6) is 0. The molecule has 1 aliphatic rings. The number of fused-ring (bicyclic) bond motifs is 1. The molecule has 1 aromatic heterocycles. The molecule has 112 valence electrons. The average Bonchev–Trinajstić information content (AvgIpc) is 2.93. The lowest BCUT2D eigenvalue weighted by atomic mass is 9.98. The van der Waals surface area contributed by atoms with Gasteiger partial charge in [-0.1, -0.05) is 25.1 Å². The summed E-state index contributed by atoms with van der Waals surface area (Å²) in [7, 11) is 1.73. The lowest BCUT2D eigenvalue weighted by Crippen LogP contribution is -2.23. The van der Waals surface area contributed by atoms with Crippen molar-refractivity contribution in [2.24, 2.45) is 0 Å². The van der Waals surface area contributed by atoms with Crippen LogP contribution >= 0.6 is 11.3 Å². The van der Waals surface area contributed by atoms with Crippen molar-refractivity contribution in [3.63, 3.8) is 0 Å². The molecule has 1 aromatic carbocycles. The second kappa shape index (κ2) is 6.69. The van der Waals surface area contributed by atoms with Crippen LogP contribution in [0.15, 0.2) is 24.3 Å². The number of ether oxygens (including phenoxy) is 1. The molecule has 0 amide bonds. The molecule has 0 spiro atoms. The van der Waals surface area contributed by atoms with Gasteiger partial charge in [0.1, 0.15) is 5.01 Å². The summed E-state index contributed by atoms with van der Waals surface area (Å²) in [6, 6.07) is 9.02. The van der Waals surface area contributed by atoms with E-state index in [1.807, 2.05) is 11.3 Å². The van der Waals surface area contributed by atoms with Crippen molar-refractivity contribution in [2.45, 2.75) is 38.8 Å². The maximum absolute atomic E-state index is 5.22. The largest absolute Gasteiger partial charge is 0.380 e. The van der Waals surface area contributed by atoms with Crippen LogP contribution < -0.4 is 5.32 Å². The van der Waals surface area contributed by atoms with Crippen molar-refractivity contribution in [2.75, 3.05) is 13.7 Å². The maximum atomic E-state index is 5.22. The van der Waals surface area contributed by atoms with Gasteiger partial charge in [-0.25, -0.2) is 4.98 Å². The number of nitrogens with zero attached hydrogens (tertiary/aromatic N) is 1. The van der Waals surface area contributed by atoms with Crippen molar-refractivity contribution >= 4 is 11.3 Å². The Hall–Kier alpha value is -1.23. The number of aryl methyl sites for hydroxylation is 1. The van der Waals surface area contributed by atoms with Crippen LogP contribution in [0.3, 0.4) is 0 Å². The fourth-order valence-corrected chi connectivity index (χ4v) is 4.16. The van der Waals surface area contributed by atoms with Crippen LogP contribution in [0.1, 0.15) is 41.9 Å². The lowest BCUT2D eigenvalue weighted by Gasteiger charge is -2.21. The first kappa shape index (κ1) is 14.7. The van der Waals surface area contributed by atoms with Crippen LogP contribution in [0.2, 0.25) is 0 Å². The Kier molecular flexibility index (Phi) is 4.68. The summed E-state index contributed by atoms with van der Waals surface area (Å²) in [6.45, 7) is 3.84. The quantitative estimate of drug-likeness (QED) is 0.908. The highest BCUT2D eigenvalue weighted by molar-refractivity contribution is 7.15. The number of thiazole rings is 1. The molecule has 0 bridgehead atoms. The minimum Gasteiger partial charge on any atom is -0.380 e. The molecule has 1 atom stereocenters. The summed E-state index contributed by atoms with van der Waals surface area (Å²) in [5, 5.41) is 4.73. The van der Waals surface area contributed by atoms with Gasteiger partial charge in [-0.15, -0.1) is 11.3 Å². The van der Waals surface area contributed by atoms with Gasteiger partial charge in [0.15, 0.2) is 0 Å². The molecule has 0 saturated heterocycles. The Bertz CT molecular complexity index is 609. The summed E-state index contributed by atoms with van der Waals surface area (Å²) >= 11 is 1.85. The van der Waals surface area contributed by atoms with Gasteiger partial charge in [0.2, 0.25) is 0 Å². The van der Waals surface area contributed by atoms with E-state index >= 15 is 0 Å². The van der Waals surface area contributed by atoms with E-state index in [0.29, 0.717) is 12.6 Å². The Morgan fingerprint density at radius 1 is 1.43 bits per heavy atom. The molecule has 1 unspecified atom stereocenters. The Morgan fingerprint density at radius 2 is 2.33 bits per heavy atom. The molecular formula is C17H22N2OS. The van der Waals surface area contributed by atoms with Crippen LogP contribution in [0.4, 0.5) is 0 Å². The zero-order valence-corrected chi connectivity index (χ0v) is 13.5. The third-order valence-electron chi connectivity index (χ3n) is 3.89. The van der Waals surface area contributed by atoms with Gasteiger partial charge in [-0.3, -0.25) is 0 Å². The standard InChI is InChI=1S/C17H22N2OS/c1-3-18-14-8-5-9-15-16(14)21-17(19-15)13-7-4-6-12(10-13)11-20-2/h4,6-7,10,14,18H,3,5,8-9,11H2,1-2H3. The van der Waals surface area contributed by atoms with Crippen LogP contribution in [0, 0.1) is 0 Å². The highest BCUT2D eigenvalue weighted by Crippen LogP contribution is 2.38. The summed E-state index contributed by atoms with van der Waals surface area (Å²) in [5.41, 5.74) is 3.70. The average molecular weight is 302 g/mol. The monoisotopic (exact) mass is 302 g/mol. The number of hydrogen-bond donors (Lipinski definition) is 1. The smallest absolute Gasteiger partial charge is 0.123 e. The van der Waals surface area contributed by atoms with E-state index < -0.39 is 0 Å². The summed E-state index contributed by atoms with van der Waals surface area (Å²) in [4.78, 5) is 6.33. The first-order chi connectivity index (χ1) is 10.3. The third kappa shape index (κ3) is 3.18. The van der Waals surface area contributed by atoms with Gasteiger partial charge in [0.25, 0.3) is 0 Å².